The first kappa shape index (κ1) is 12.6. The van der Waals surface area contributed by atoms with E-state index < -0.39 is 11.2 Å². The zero-order valence-electron chi connectivity index (χ0n) is 11.2. The molecule has 2 aromatic rings. The minimum absolute atomic E-state index is 0.881. The van der Waals surface area contributed by atoms with Crippen LogP contribution in [-0.2, 0) is 17.6 Å². The molecule has 0 fully saturated rings. The third-order valence-corrected chi connectivity index (χ3v) is 5.03. The maximum absolute atomic E-state index is 12.6. The van der Waals surface area contributed by atoms with Crippen molar-refractivity contribution in [1.29, 1.82) is 0 Å². The Kier molecular flexibility index (Phi) is 3.25. The van der Waals surface area contributed by atoms with Crippen LogP contribution in [0.15, 0.2) is 52.4 Å². The quantitative estimate of drug-likeness (QED) is 0.744. The van der Waals surface area contributed by atoms with E-state index in [0.29, 0.717) is 0 Å². The topological polar surface area (TPSA) is 26.3 Å². The lowest BCUT2D eigenvalue weighted by Crippen LogP contribution is -2.17. The third kappa shape index (κ3) is 2.24. The van der Waals surface area contributed by atoms with Crippen molar-refractivity contribution >= 4 is 21.9 Å². The molecule has 3 heteroatoms. The lowest BCUT2D eigenvalue weighted by molar-refractivity contribution is 0.551. The Morgan fingerprint density at radius 1 is 1.11 bits per heavy atom. The number of aryl methyl sites for hydroxylation is 1. The maximum Gasteiger partial charge on any atom is 0.162 e. The Morgan fingerprint density at radius 3 is 2.68 bits per heavy atom. The number of hydrogen-bond donors (Lipinski definition) is 0. The molecule has 0 radical (unpaired) electrons. The third-order valence-electron chi connectivity index (χ3n) is 3.46. The molecule has 0 bridgehead atoms. The molecule has 2 nitrogen and oxygen atoms in total. The Balaban J connectivity index is 2.13. The summed E-state index contributed by atoms with van der Waals surface area (Å²) in [5.74, 6) is 0. The van der Waals surface area contributed by atoms with E-state index in [2.05, 4.69) is 24.3 Å². The second-order valence-electron chi connectivity index (χ2n) is 5.09. The molecule has 1 aliphatic heterocycles. The maximum atomic E-state index is 12.6. The minimum Gasteiger partial charge on any atom is -0.607 e. The van der Waals surface area contributed by atoms with E-state index in [4.69, 9.17) is 0 Å². The van der Waals surface area contributed by atoms with E-state index in [1.165, 1.54) is 16.3 Å². The first-order valence-electron chi connectivity index (χ1n) is 6.46. The summed E-state index contributed by atoms with van der Waals surface area (Å²) in [7, 11) is 3.94. The van der Waals surface area contributed by atoms with E-state index in [9.17, 15) is 4.55 Å². The smallest absolute Gasteiger partial charge is 0.162 e. The number of rotatable bonds is 1. The average molecular weight is 271 g/mol. The first-order valence-corrected chi connectivity index (χ1v) is 7.61. The van der Waals surface area contributed by atoms with Gasteiger partial charge in [0.05, 0.1) is 6.20 Å². The minimum atomic E-state index is -1.01. The van der Waals surface area contributed by atoms with Gasteiger partial charge in [0.15, 0.2) is 9.80 Å². The van der Waals surface area contributed by atoms with Crippen molar-refractivity contribution in [2.45, 2.75) is 17.7 Å². The Bertz CT molecular complexity index is 648. The molecule has 98 valence electrons. The fraction of sp³-hybridized carbons (Fsp3) is 0.250. The molecule has 1 aliphatic rings. The number of hydrogen-bond acceptors (Lipinski definition) is 2. The lowest BCUT2D eigenvalue weighted by Gasteiger charge is -2.23. The molecular formula is C16H17NOS. The number of allylic oxidation sites excluding steroid dienone is 1. The van der Waals surface area contributed by atoms with Crippen LogP contribution in [0.5, 0.6) is 0 Å². The fourth-order valence-electron chi connectivity index (χ4n) is 2.63. The molecule has 1 atom stereocenters. The standard InChI is InChI=1S/C16H17NOS/c1-17(2)11-13-8-9-15-14-6-4-3-5-12(14)7-10-16(15)19(13)18/h3-7,10-11H,8-9H2,1-2H3. The van der Waals surface area contributed by atoms with Crippen LogP contribution in [0.4, 0.5) is 0 Å². The summed E-state index contributed by atoms with van der Waals surface area (Å²) < 4.78 is 12.6. The highest BCUT2D eigenvalue weighted by atomic mass is 32.2. The molecule has 0 aromatic heterocycles. The average Bonchev–Trinajstić information content (AvgIpc) is 2.41. The van der Waals surface area contributed by atoms with Gasteiger partial charge >= 0.3 is 0 Å². The van der Waals surface area contributed by atoms with Gasteiger partial charge < -0.3 is 9.45 Å². The molecule has 19 heavy (non-hydrogen) atoms. The summed E-state index contributed by atoms with van der Waals surface area (Å²) in [6, 6.07) is 12.4. The van der Waals surface area contributed by atoms with Crippen molar-refractivity contribution in [3.05, 3.63) is 53.1 Å². The van der Waals surface area contributed by atoms with Crippen molar-refractivity contribution < 1.29 is 4.55 Å². The SMILES string of the molecule is CN(C)C=C1CCc2c(ccc3ccccc23)[S+]1[O-]. The zero-order valence-corrected chi connectivity index (χ0v) is 12.0. The Morgan fingerprint density at radius 2 is 1.89 bits per heavy atom. The molecule has 0 spiro atoms. The largest absolute Gasteiger partial charge is 0.607 e. The molecular weight excluding hydrogens is 254 g/mol. The van der Waals surface area contributed by atoms with Gasteiger partial charge in [0, 0.05) is 37.3 Å². The van der Waals surface area contributed by atoms with Crippen molar-refractivity contribution in [2.24, 2.45) is 0 Å². The van der Waals surface area contributed by atoms with E-state index in [1.54, 1.807) is 0 Å². The van der Waals surface area contributed by atoms with Crippen LogP contribution in [0.3, 0.4) is 0 Å². The van der Waals surface area contributed by atoms with Crippen LogP contribution in [0.2, 0.25) is 0 Å². The molecule has 1 heterocycles. The van der Waals surface area contributed by atoms with Gasteiger partial charge in [-0.1, -0.05) is 24.3 Å². The molecule has 0 saturated carbocycles. The predicted molar refractivity (Wildman–Crippen MR) is 80.4 cm³/mol. The van der Waals surface area contributed by atoms with Crippen molar-refractivity contribution in [3.8, 4) is 0 Å². The Labute approximate surface area is 116 Å². The highest BCUT2D eigenvalue weighted by molar-refractivity contribution is 7.95. The summed E-state index contributed by atoms with van der Waals surface area (Å²) in [4.78, 5) is 3.98. The van der Waals surface area contributed by atoms with Gasteiger partial charge in [-0.15, -0.1) is 0 Å². The molecule has 0 N–H and O–H groups in total. The van der Waals surface area contributed by atoms with E-state index in [-0.39, 0.29) is 0 Å². The molecule has 0 amide bonds. The van der Waals surface area contributed by atoms with Crippen molar-refractivity contribution in [3.63, 3.8) is 0 Å². The van der Waals surface area contributed by atoms with Crippen LogP contribution in [0.1, 0.15) is 12.0 Å². The second-order valence-corrected chi connectivity index (χ2v) is 6.59. The van der Waals surface area contributed by atoms with Crippen LogP contribution in [0.25, 0.3) is 10.8 Å². The van der Waals surface area contributed by atoms with Gasteiger partial charge in [-0.3, -0.25) is 0 Å². The van der Waals surface area contributed by atoms with Gasteiger partial charge in [-0.05, 0) is 29.3 Å². The van der Waals surface area contributed by atoms with E-state index in [1.807, 2.05) is 37.3 Å². The molecule has 3 rings (SSSR count). The van der Waals surface area contributed by atoms with Crippen molar-refractivity contribution in [2.75, 3.05) is 14.1 Å². The van der Waals surface area contributed by atoms with Gasteiger partial charge in [0.1, 0.15) is 0 Å². The highest BCUT2D eigenvalue weighted by Gasteiger charge is 2.28. The summed E-state index contributed by atoms with van der Waals surface area (Å²) in [5.41, 5.74) is 1.26. The molecule has 0 saturated heterocycles. The van der Waals surface area contributed by atoms with E-state index in [0.717, 1.165) is 22.6 Å². The highest BCUT2D eigenvalue weighted by Crippen LogP contribution is 2.36. The Hall–Kier alpha value is -1.45. The zero-order chi connectivity index (χ0) is 13.4. The van der Waals surface area contributed by atoms with Gasteiger partial charge in [0.2, 0.25) is 0 Å². The number of benzene rings is 2. The predicted octanol–water partition coefficient (Wildman–Crippen LogP) is 3.30. The van der Waals surface area contributed by atoms with Crippen LogP contribution < -0.4 is 0 Å². The van der Waals surface area contributed by atoms with Gasteiger partial charge in [-0.25, -0.2) is 0 Å². The first-order chi connectivity index (χ1) is 9.16. The summed E-state index contributed by atoms with van der Waals surface area (Å²) in [5, 5.41) is 2.48. The molecule has 0 aliphatic carbocycles. The van der Waals surface area contributed by atoms with Crippen LogP contribution in [-0.4, -0.2) is 23.5 Å². The second kappa shape index (κ2) is 4.91. The van der Waals surface area contributed by atoms with Crippen LogP contribution in [0, 0.1) is 0 Å². The van der Waals surface area contributed by atoms with E-state index >= 15 is 0 Å². The summed E-state index contributed by atoms with van der Waals surface area (Å²) in [6.07, 6.45) is 3.85. The molecule has 2 aromatic carbocycles. The molecule has 1 unspecified atom stereocenters. The number of fused-ring (bicyclic) bond motifs is 3. The normalized spacial score (nSPS) is 20.6. The van der Waals surface area contributed by atoms with Crippen LogP contribution >= 0.6 is 0 Å². The monoisotopic (exact) mass is 271 g/mol. The summed E-state index contributed by atoms with van der Waals surface area (Å²) in [6.45, 7) is 0. The van der Waals surface area contributed by atoms with Gasteiger partial charge in [0.25, 0.3) is 0 Å². The van der Waals surface area contributed by atoms with Gasteiger partial charge in [-0.2, -0.15) is 0 Å². The number of nitrogens with zero attached hydrogens (tertiary/aromatic N) is 1. The fourth-order valence-corrected chi connectivity index (χ4v) is 4.13. The van der Waals surface area contributed by atoms with Crippen molar-refractivity contribution in [1.82, 2.24) is 4.90 Å². The lowest BCUT2D eigenvalue weighted by atomic mass is 10.0. The summed E-state index contributed by atoms with van der Waals surface area (Å²) >= 11 is -1.01.